The number of para-hydroxylation sites is 1. The van der Waals surface area contributed by atoms with Crippen molar-refractivity contribution in [2.45, 2.75) is 13.5 Å². The highest BCUT2D eigenvalue weighted by atomic mass is 16.5. The van der Waals surface area contributed by atoms with E-state index in [0.717, 1.165) is 28.3 Å². The summed E-state index contributed by atoms with van der Waals surface area (Å²) >= 11 is 0. The van der Waals surface area contributed by atoms with Crippen molar-refractivity contribution in [3.63, 3.8) is 0 Å². The zero-order valence-corrected chi connectivity index (χ0v) is 14.7. The quantitative estimate of drug-likeness (QED) is 0.484. The zero-order chi connectivity index (χ0) is 17.8. The topological polar surface area (TPSA) is 27.1 Å². The van der Waals surface area contributed by atoms with Gasteiger partial charge in [0.25, 0.3) is 0 Å². The summed E-state index contributed by atoms with van der Waals surface area (Å²) in [5.74, 6) is 0.856. The van der Waals surface area contributed by atoms with Gasteiger partial charge in [-0.15, -0.1) is 0 Å². The molecule has 3 heteroatoms. The summed E-state index contributed by atoms with van der Waals surface area (Å²) in [7, 11) is 0. The van der Waals surface area contributed by atoms with Crippen molar-refractivity contribution in [1.29, 1.82) is 0 Å². The second-order valence-electron chi connectivity index (χ2n) is 6.25. The van der Waals surface area contributed by atoms with E-state index in [4.69, 9.17) is 9.84 Å². The molecule has 26 heavy (non-hydrogen) atoms. The standard InChI is InChI=1S/C23H20N2O/c1-18-12-14-21(15-13-18)25-16-20(17-26-22-10-6-3-7-11-22)23(24-25)19-8-4-2-5-9-19/h2-16H,17H2,1H3. The molecular weight excluding hydrogens is 320 g/mol. The van der Waals surface area contributed by atoms with Crippen molar-refractivity contribution >= 4 is 0 Å². The van der Waals surface area contributed by atoms with Gasteiger partial charge in [0.2, 0.25) is 0 Å². The van der Waals surface area contributed by atoms with E-state index in [1.165, 1.54) is 5.56 Å². The third-order valence-electron chi connectivity index (χ3n) is 4.27. The van der Waals surface area contributed by atoms with Crippen molar-refractivity contribution in [3.05, 3.63) is 102 Å². The van der Waals surface area contributed by atoms with Gasteiger partial charge in [-0.05, 0) is 31.2 Å². The van der Waals surface area contributed by atoms with Crippen LogP contribution < -0.4 is 4.74 Å². The highest BCUT2D eigenvalue weighted by Gasteiger charge is 2.13. The van der Waals surface area contributed by atoms with Crippen molar-refractivity contribution in [1.82, 2.24) is 9.78 Å². The van der Waals surface area contributed by atoms with Crippen LogP contribution in [0.25, 0.3) is 16.9 Å². The van der Waals surface area contributed by atoms with Crippen LogP contribution in [0.2, 0.25) is 0 Å². The van der Waals surface area contributed by atoms with Gasteiger partial charge in [0.05, 0.1) is 11.4 Å². The van der Waals surface area contributed by atoms with E-state index in [9.17, 15) is 0 Å². The molecule has 0 aliphatic heterocycles. The maximum Gasteiger partial charge on any atom is 0.119 e. The Morgan fingerprint density at radius 2 is 1.46 bits per heavy atom. The molecule has 0 aliphatic carbocycles. The molecule has 0 saturated heterocycles. The molecule has 1 heterocycles. The first-order valence-corrected chi connectivity index (χ1v) is 8.68. The summed E-state index contributed by atoms with van der Waals surface area (Å²) in [5.41, 5.74) is 5.36. The summed E-state index contributed by atoms with van der Waals surface area (Å²) in [4.78, 5) is 0. The molecule has 0 bridgehead atoms. The first-order valence-electron chi connectivity index (χ1n) is 8.68. The Kier molecular flexibility index (Phi) is 4.52. The van der Waals surface area contributed by atoms with Crippen molar-refractivity contribution in [3.8, 4) is 22.7 Å². The Balaban J connectivity index is 1.69. The normalized spacial score (nSPS) is 10.7. The highest BCUT2D eigenvalue weighted by molar-refractivity contribution is 5.63. The number of ether oxygens (including phenoxy) is 1. The number of hydrogen-bond donors (Lipinski definition) is 0. The van der Waals surface area contributed by atoms with Crippen molar-refractivity contribution in [2.75, 3.05) is 0 Å². The molecule has 0 saturated carbocycles. The lowest BCUT2D eigenvalue weighted by Gasteiger charge is -2.06. The number of aryl methyl sites for hydroxylation is 1. The fourth-order valence-electron chi connectivity index (χ4n) is 2.86. The molecule has 1 aromatic heterocycles. The molecule has 0 spiro atoms. The maximum atomic E-state index is 5.97. The third kappa shape index (κ3) is 3.52. The number of nitrogens with zero attached hydrogens (tertiary/aromatic N) is 2. The fourth-order valence-corrected chi connectivity index (χ4v) is 2.86. The zero-order valence-electron chi connectivity index (χ0n) is 14.7. The lowest BCUT2D eigenvalue weighted by Crippen LogP contribution is -1.96. The molecule has 0 aliphatic rings. The molecule has 0 amide bonds. The largest absolute Gasteiger partial charge is 0.489 e. The van der Waals surface area contributed by atoms with Crippen molar-refractivity contribution in [2.24, 2.45) is 0 Å². The minimum Gasteiger partial charge on any atom is -0.489 e. The summed E-state index contributed by atoms with van der Waals surface area (Å²) in [6, 6.07) is 28.5. The fraction of sp³-hybridized carbons (Fsp3) is 0.0870. The van der Waals surface area contributed by atoms with E-state index < -0.39 is 0 Å². The molecule has 4 rings (SSSR count). The Hall–Kier alpha value is -3.33. The minimum absolute atomic E-state index is 0.472. The van der Waals surface area contributed by atoms with Gasteiger partial charge in [-0.25, -0.2) is 4.68 Å². The van der Waals surface area contributed by atoms with Crippen LogP contribution in [0.15, 0.2) is 91.1 Å². The first-order chi connectivity index (χ1) is 12.8. The van der Waals surface area contributed by atoms with Crippen LogP contribution in [-0.4, -0.2) is 9.78 Å². The lowest BCUT2D eigenvalue weighted by molar-refractivity contribution is 0.306. The van der Waals surface area contributed by atoms with Crippen LogP contribution in [-0.2, 0) is 6.61 Å². The van der Waals surface area contributed by atoms with Crippen LogP contribution >= 0.6 is 0 Å². The van der Waals surface area contributed by atoms with E-state index in [0.29, 0.717) is 6.61 Å². The van der Waals surface area contributed by atoms with E-state index in [2.05, 4.69) is 49.5 Å². The number of rotatable bonds is 5. The van der Waals surface area contributed by atoms with Crippen LogP contribution in [0.1, 0.15) is 11.1 Å². The Bertz CT molecular complexity index is 974. The number of hydrogen-bond acceptors (Lipinski definition) is 2. The summed E-state index contributed by atoms with van der Waals surface area (Å²) in [6.07, 6.45) is 2.05. The van der Waals surface area contributed by atoms with Gasteiger partial charge >= 0.3 is 0 Å². The second kappa shape index (κ2) is 7.28. The molecule has 0 atom stereocenters. The molecule has 4 aromatic rings. The molecule has 3 aromatic carbocycles. The molecule has 0 radical (unpaired) electrons. The Morgan fingerprint density at radius 3 is 2.15 bits per heavy atom. The molecule has 0 N–H and O–H groups in total. The molecular formula is C23H20N2O. The first kappa shape index (κ1) is 16.2. The van der Waals surface area contributed by atoms with Gasteiger partial charge in [-0.2, -0.15) is 5.10 Å². The molecule has 0 fully saturated rings. The highest BCUT2D eigenvalue weighted by Crippen LogP contribution is 2.25. The smallest absolute Gasteiger partial charge is 0.119 e. The van der Waals surface area contributed by atoms with Crippen molar-refractivity contribution < 1.29 is 4.74 Å². The molecule has 0 unspecified atom stereocenters. The Labute approximate surface area is 153 Å². The predicted molar refractivity (Wildman–Crippen MR) is 105 cm³/mol. The second-order valence-corrected chi connectivity index (χ2v) is 6.25. The summed E-state index contributed by atoms with van der Waals surface area (Å²) < 4.78 is 7.89. The average Bonchev–Trinajstić information content (AvgIpc) is 3.13. The molecule has 3 nitrogen and oxygen atoms in total. The van der Waals surface area contributed by atoms with Gasteiger partial charge in [-0.3, -0.25) is 0 Å². The van der Waals surface area contributed by atoms with Crippen LogP contribution in [0.3, 0.4) is 0 Å². The monoisotopic (exact) mass is 340 g/mol. The van der Waals surface area contributed by atoms with Gasteiger partial charge in [-0.1, -0.05) is 66.2 Å². The Morgan fingerprint density at radius 1 is 0.808 bits per heavy atom. The van der Waals surface area contributed by atoms with Gasteiger partial charge < -0.3 is 4.74 Å². The van der Waals surface area contributed by atoms with E-state index in [-0.39, 0.29) is 0 Å². The van der Waals surface area contributed by atoms with Crippen LogP contribution in [0.4, 0.5) is 0 Å². The van der Waals surface area contributed by atoms with E-state index in [1.807, 2.05) is 53.2 Å². The lowest BCUT2D eigenvalue weighted by atomic mass is 10.1. The van der Waals surface area contributed by atoms with E-state index >= 15 is 0 Å². The summed E-state index contributed by atoms with van der Waals surface area (Å²) in [6.45, 7) is 2.56. The average molecular weight is 340 g/mol. The SMILES string of the molecule is Cc1ccc(-n2cc(COc3ccccc3)c(-c3ccccc3)n2)cc1. The maximum absolute atomic E-state index is 5.97. The number of aromatic nitrogens is 2. The van der Waals surface area contributed by atoms with E-state index in [1.54, 1.807) is 0 Å². The van der Waals surface area contributed by atoms with Crippen LogP contribution in [0.5, 0.6) is 5.75 Å². The third-order valence-corrected chi connectivity index (χ3v) is 4.27. The minimum atomic E-state index is 0.472. The van der Waals surface area contributed by atoms with Gasteiger partial charge in [0, 0.05) is 17.3 Å². The van der Waals surface area contributed by atoms with Gasteiger partial charge in [0.1, 0.15) is 12.4 Å². The number of benzene rings is 3. The summed E-state index contributed by atoms with van der Waals surface area (Å²) in [5, 5.41) is 4.83. The van der Waals surface area contributed by atoms with Crippen LogP contribution in [0, 0.1) is 6.92 Å². The van der Waals surface area contributed by atoms with Gasteiger partial charge in [0.15, 0.2) is 0 Å². The molecule has 128 valence electrons. The predicted octanol–water partition coefficient (Wildman–Crippen LogP) is 5.43.